The van der Waals surface area contributed by atoms with Crippen LogP contribution in [0.25, 0.3) is 0 Å². The molecule has 0 aromatic heterocycles. The second-order valence-corrected chi connectivity index (χ2v) is 5.73. The maximum absolute atomic E-state index is 5.62. The van der Waals surface area contributed by atoms with Crippen LogP contribution in [0.15, 0.2) is 0 Å². The molecule has 1 unspecified atom stereocenters. The van der Waals surface area contributed by atoms with Crippen LogP contribution < -0.4 is 11.3 Å². The molecule has 0 aromatic rings. The zero-order valence-corrected chi connectivity index (χ0v) is 10.7. The quantitative estimate of drug-likeness (QED) is 0.540. The number of hydrogen-bond acceptors (Lipinski definition) is 4. The van der Waals surface area contributed by atoms with E-state index < -0.39 is 0 Å². The molecule has 1 fully saturated rings. The molecule has 1 heterocycles. The van der Waals surface area contributed by atoms with E-state index in [4.69, 9.17) is 10.6 Å². The average Bonchev–Trinajstić information content (AvgIpc) is 2.25. The molecule has 1 saturated heterocycles. The molecule has 3 N–H and O–H groups in total. The number of thioether (sulfide) groups is 1. The van der Waals surface area contributed by atoms with Crippen molar-refractivity contribution < 1.29 is 4.74 Å². The lowest BCUT2D eigenvalue weighted by atomic mass is 9.93. The van der Waals surface area contributed by atoms with E-state index >= 15 is 0 Å². The molecule has 1 aliphatic rings. The van der Waals surface area contributed by atoms with Gasteiger partial charge in [0.15, 0.2) is 0 Å². The van der Waals surface area contributed by atoms with Crippen LogP contribution in [0, 0.1) is 11.8 Å². The summed E-state index contributed by atoms with van der Waals surface area (Å²) in [5, 5.41) is 0. The predicted octanol–water partition coefficient (Wildman–Crippen LogP) is 1.63. The Hall–Kier alpha value is 0.230. The Morgan fingerprint density at radius 1 is 1.33 bits per heavy atom. The molecule has 0 spiro atoms. The zero-order valence-electron chi connectivity index (χ0n) is 9.87. The smallest absolute Gasteiger partial charge is 0.0469 e. The third-order valence-corrected chi connectivity index (χ3v) is 4.29. The van der Waals surface area contributed by atoms with Crippen LogP contribution in [0.3, 0.4) is 0 Å². The topological polar surface area (TPSA) is 47.3 Å². The lowest BCUT2D eigenvalue weighted by Gasteiger charge is -2.29. The summed E-state index contributed by atoms with van der Waals surface area (Å²) in [6, 6.07) is 0.456. The number of rotatable bonds is 6. The molecular formula is C11H24N2OS. The van der Waals surface area contributed by atoms with E-state index in [1.807, 2.05) is 11.8 Å². The lowest BCUT2D eigenvalue weighted by Crippen LogP contribution is -2.44. The zero-order chi connectivity index (χ0) is 11.1. The minimum atomic E-state index is 0.456. The van der Waals surface area contributed by atoms with Crippen LogP contribution in [0.4, 0.5) is 0 Å². The summed E-state index contributed by atoms with van der Waals surface area (Å²) in [6.07, 6.45) is 2.30. The molecule has 90 valence electrons. The fraction of sp³-hybridized carbons (Fsp3) is 1.00. The highest BCUT2D eigenvalue weighted by atomic mass is 32.2. The molecule has 0 amide bonds. The van der Waals surface area contributed by atoms with Crippen molar-refractivity contribution in [1.82, 2.24) is 5.43 Å². The first kappa shape index (κ1) is 13.3. The van der Waals surface area contributed by atoms with Crippen molar-refractivity contribution in [2.75, 3.05) is 24.7 Å². The fourth-order valence-electron chi connectivity index (χ4n) is 1.87. The van der Waals surface area contributed by atoms with E-state index in [1.165, 1.54) is 5.75 Å². The number of hydrazine groups is 1. The Bertz CT molecular complexity index is 161. The molecule has 0 bridgehead atoms. The van der Waals surface area contributed by atoms with Crippen LogP contribution in [0.2, 0.25) is 0 Å². The lowest BCUT2D eigenvalue weighted by molar-refractivity contribution is 0.0566. The van der Waals surface area contributed by atoms with Gasteiger partial charge in [0, 0.05) is 25.0 Å². The minimum Gasteiger partial charge on any atom is -0.381 e. The fourth-order valence-corrected chi connectivity index (χ4v) is 3.10. The first-order valence-corrected chi connectivity index (χ1v) is 7.01. The van der Waals surface area contributed by atoms with Crippen molar-refractivity contribution >= 4 is 11.8 Å². The second kappa shape index (κ2) is 7.49. The van der Waals surface area contributed by atoms with Crippen molar-refractivity contribution in [3.63, 3.8) is 0 Å². The molecule has 0 aliphatic carbocycles. The third-order valence-electron chi connectivity index (χ3n) is 2.80. The number of nitrogens with one attached hydrogen (secondary N) is 1. The normalized spacial score (nSPS) is 20.8. The summed E-state index contributed by atoms with van der Waals surface area (Å²) < 4.78 is 5.36. The van der Waals surface area contributed by atoms with Crippen LogP contribution in [-0.2, 0) is 4.74 Å². The standard InChI is InChI=1S/C11H24N2OS/c1-9(2)7-15-8-11(13-12)10-3-5-14-6-4-10/h9-11,13H,3-8,12H2,1-2H3. The Kier molecular flexibility index (Phi) is 6.64. The van der Waals surface area contributed by atoms with Gasteiger partial charge in [0.1, 0.15) is 0 Å². The molecule has 1 rings (SSSR count). The SMILES string of the molecule is CC(C)CSCC(NN)C1CCOCC1. The van der Waals surface area contributed by atoms with E-state index in [-0.39, 0.29) is 0 Å². The van der Waals surface area contributed by atoms with E-state index in [2.05, 4.69) is 19.3 Å². The van der Waals surface area contributed by atoms with E-state index in [9.17, 15) is 0 Å². The number of ether oxygens (including phenoxy) is 1. The van der Waals surface area contributed by atoms with Gasteiger partial charge in [0.2, 0.25) is 0 Å². The highest BCUT2D eigenvalue weighted by Crippen LogP contribution is 2.21. The third kappa shape index (κ3) is 5.20. The first-order valence-electron chi connectivity index (χ1n) is 5.85. The molecule has 1 aliphatic heterocycles. The molecule has 15 heavy (non-hydrogen) atoms. The van der Waals surface area contributed by atoms with Gasteiger partial charge in [-0.3, -0.25) is 11.3 Å². The van der Waals surface area contributed by atoms with Crippen LogP contribution in [0.1, 0.15) is 26.7 Å². The van der Waals surface area contributed by atoms with Gasteiger partial charge in [0.25, 0.3) is 0 Å². The summed E-state index contributed by atoms with van der Waals surface area (Å²) in [5.74, 6) is 9.43. The summed E-state index contributed by atoms with van der Waals surface area (Å²) >= 11 is 2.00. The van der Waals surface area contributed by atoms with Gasteiger partial charge < -0.3 is 4.74 Å². The van der Waals surface area contributed by atoms with Gasteiger partial charge in [-0.05, 0) is 30.4 Å². The highest BCUT2D eigenvalue weighted by Gasteiger charge is 2.22. The molecule has 0 aromatic carbocycles. The first-order chi connectivity index (χ1) is 7.24. The van der Waals surface area contributed by atoms with Gasteiger partial charge in [0.05, 0.1) is 0 Å². The molecule has 3 nitrogen and oxygen atoms in total. The predicted molar refractivity (Wildman–Crippen MR) is 66.8 cm³/mol. The van der Waals surface area contributed by atoms with Gasteiger partial charge in [-0.2, -0.15) is 11.8 Å². The minimum absolute atomic E-state index is 0.456. The Labute approximate surface area is 97.5 Å². The van der Waals surface area contributed by atoms with Crippen molar-refractivity contribution in [2.45, 2.75) is 32.7 Å². The molecular weight excluding hydrogens is 208 g/mol. The molecule has 1 atom stereocenters. The molecule has 0 saturated carbocycles. The molecule has 0 radical (unpaired) electrons. The average molecular weight is 232 g/mol. The van der Waals surface area contributed by atoms with Gasteiger partial charge in [-0.25, -0.2) is 0 Å². The van der Waals surface area contributed by atoms with E-state index in [1.54, 1.807) is 0 Å². The van der Waals surface area contributed by atoms with Crippen LogP contribution in [-0.4, -0.2) is 30.8 Å². The van der Waals surface area contributed by atoms with Crippen molar-refractivity contribution in [1.29, 1.82) is 0 Å². The van der Waals surface area contributed by atoms with Crippen LogP contribution >= 0.6 is 11.8 Å². The monoisotopic (exact) mass is 232 g/mol. The van der Waals surface area contributed by atoms with Crippen LogP contribution in [0.5, 0.6) is 0 Å². The van der Waals surface area contributed by atoms with Crippen molar-refractivity contribution in [3.8, 4) is 0 Å². The highest BCUT2D eigenvalue weighted by molar-refractivity contribution is 7.99. The summed E-state index contributed by atoms with van der Waals surface area (Å²) in [6.45, 7) is 6.31. The molecule has 4 heteroatoms. The van der Waals surface area contributed by atoms with Crippen molar-refractivity contribution in [3.05, 3.63) is 0 Å². The maximum atomic E-state index is 5.62. The van der Waals surface area contributed by atoms with E-state index in [0.29, 0.717) is 12.0 Å². The Balaban J connectivity index is 2.21. The summed E-state index contributed by atoms with van der Waals surface area (Å²) in [4.78, 5) is 0. The Morgan fingerprint density at radius 3 is 2.53 bits per heavy atom. The second-order valence-electron chi connectivity index (χ2n) is 4.65. The largest absolute Gasteiger partial charge is 0.381 e. The summed E-state index contributed by atoms with van der Waals surface area (Å²) in [7, 11) is 0. The van der Waals surface area contributed by atoms with Gasteiger partial charge in [-0.15, -0.1) is 0 Å². The Morgan fingerprint density at radius 2 is 2.00 bits per heavy atom. The number of nitrogens with two attached hydrogens (primary N) is 1. The maximum Gasteiger partial charge on any atom is 0.0469 e. The van der Waals surface area contributed by atoms with Gasteiger partial charge >= 0.3 is 0 Å². The van der Waals surface area contributed by atoms with E-state index in [0.717, 1.165) is 37.7 Å². The van der Waals surface area contributed by atoms with Gasteiger partial charge in [-0.1, -0.05) is 13.8 Å². The number of hydrogen-bond donors (Lipinski definition) is 2. The summed E-state index contributed by atoms with van der Waals surface area (Å²) in [5.41, 5.74) is 2.97. The van der Waals surface area contributed by atoms with Crippen molar-refractivity contribution in [2.24, 2.45) is 17.7 Å².